The number of fused-ring (bicyclic) bond motifs is 3. The summed E-state index contributed by atoms with van der Waals surface area (Å²) in [6.07, 6.45) is 24.7. The molecule has 0 radical (unpaired) electrons. The molecule has 21 nitrogen and oxygen atoms in total. The number of aromatic nitrogens is 3. The zero-order valence-corrected chi connectivity index (χ0v) is 62.1. The number of hydrogen-bond acceptors (Lipinski definition) is 18. The normalized spacial score (nSPS) is 22.7. The molecule has 586 valence electrons. The van der Waals surface area contributed by atoms with E-state index in [0.29, 0.717) is 46.1 Å². The first-order valence-electron chi connectivity index (χ1n) is 40.1. The van der Waals surface area contributed by atoms with Crippen LogP contribution in [0.3, 0.4) is 0 Å². The Morgan fingerprint density at radius 3 is 1.12 bits per heavy atom. The highest BCUT2D eigenvalue weighted by molar-refractivity contribution is 5.78. The highest BCUT2D eigenvalue weighted by Gasteiger charge is 2.40. The minimum atomic E-state index is -0.803. The van der Waals surface area contributed by atoms with Gasteiger partial charge in [-0.3, -0.25) is 29.1 Å². The molecule has 3 aromatic carbocycles. The number of benzene rings is 3. The maximum Gasteiger partial charge on any atom is 0.325 e. The first kappa shape index (κ1) is 81.5. The second-order valence-electron chi connectivity index (χ2n) is 30.2. The maximum absolute atomic E-state index is 12.4. The van der Waals surface area contributed by atoms with E-state index in [0.717, 1.165) is 262 Å². The Hall–Kier alpha value is -7.44. The van der Waals surface area contributed by atoms with Gasteiger partial charge in [0.05, 0.1) is 37.1 Å². The van der Waals surface area contributed by atoms with Crippen LogP contribution in [0.15, 0.2) is 109 Å². The number of likely N-dealkylation sites (tertiary alicyclic amines) is 3. The molecule has 9 aliphatic rings. The second-order valence-corrected chi connectivity index (χ2v) is 30.2. The summed E-state index contributed by atoms with van der Waals surface area (Å²) in [6.45, 7) is 12.3. The van der Waals surface area contributed by atoms with Crippen LogP contribution in [-0.4, -0.2) is 186 Å². The Labute approximate surface area is 641 Å². The molecular weight excluding hydrogens is 1360 g/mol. The van der Waals surface area contributed by atoms with Gasteiger partial charge in [0.15, 0.2) is 0 Å². The number of rotatable bonds is 30. The minimum Gasteiger partial charge on any atom is -0.480 e. The van der Waals surface area contributed by atoms with E-state index in [1.165, 1.54) is 36.0 Å². The summed E-state index contributed by atoms with van der Waals surface area (Å²) in [4.78, 5) is 57.7. The van der Waals surface area contributed by atoms with Gasteiger partial charge in [-0.05, 0) is 222 Å². The Balaban J connectivity index is 0.000000160. The first-order chi connectivity index (χ1) is 52.1. The predicted octanol–water partition coefficient (Wildman–Crippen LogP) is 14.9. The number of nitrogens with zero attached hydrogens (tertiary/aromatic N) is 6. The van der Waals surface area contributed by atoms with Gasteiger partial charge in [-0.15, -0.1) is 0 Å². The van der Waals surface area contributed by atoms with Crippen molar-refractivity contribution < 1.29 is 58.1 Å². The molecule has 0 amide bonds. The molecule has 6 fully saturated rings. The van der Waals surface area contributed by atoms with Crippen LogP contribution in [0.4, 0.5) is 17.5 Å². The quantitative estimate of drug-likeness (QED) is 0.0229. The van der Waals surface area contributed by atoms with Gasteiger partial charge >= 0.3 is 17.9 Å². The fourth-order valence-electron chi connectivity index (χ4n) is 17.2. The van der Waals surface area contributed by atoms with Gasteiger partial charge in [0.1, 0.15) is 35.6 Å². The zero-order valence-electron chi connectivity index (χ0n) is 62.1. The van der Waals surface area contributed by atoms with Crippen molar-refractivity contribution in [1.29, 1.82) is 0 Å². The van der Waals surface area contributed by atoms with Crippen molar-refractivity contribution in [2.24, 2.45) is 0 Å². The van der Waals surface area contributed by atoms with Crippen LogP contribution in [0.1, 0.15) is 234 Å². The lowest BCUT2D eigenvalue weighted by molar-refractivity contribution is -0.144. The van der Waals surface area contributed by atoms with Gasteiger partial charge in [0, 0.05) is 122 Å². The lowest BCUT2D eigenvalue weighted by Gasteiger charge is -2.30. The number of carboxylic acid groups (broad SMARTS) is 3. The molecule has 0 saturated carbocycles. The van der Waals surface area contributed by atoms with Gasteiger partial charge < -0.3 is 59.7 Å². The fraction of sp³-hybridized carbons (Fsp3) is 0.586. The van der Waals surface area contributed by atoms with Crippen LogP contribution >= 0.6 is 0 Å². The van der Waals surface area contributed by atoms with E-state index in [2.05, 4.69) is 73.1 Å². The highest BCUT2D eigenvalue weighted by Crippen LogP contribution is 2.40. The summed E-state index contributed by atoms with van der Waals surface area (Å²) in [6, 6.07) is 35.0. The molecule has 108 heavy (non-hydrogen) atoms. The molecule has 0 aliphatic carbocycles. The van der Waals surface area contributed by atoms with E-state index in [-0.39, 0.29) is 51.3 Å². The van der Waals surface area contributed by atoms with Crippen LogP contribution in [0.2, 0.25) is 0 Å². The summed E-state index contributed by atoms with van der Waals surface area (Å²) in [5, 5.41) is 40.7. The van der Waals surface area contributed by atoms with Crippen molar-refractivity contribution in [1.82, 2.24) is 29.7 Å². The number of carbonyl (C=O) groups is 3. The summed E-state index contributed by atoms with van der Waals surface area (Å²) in [5.74, 6) is 1.06. The number of unbranched alkanes of at least 4 members (excludes halogenated alkanes) is 3. The van der Waals surface area contributed by atoms with Gasteiger partial charge in [-0.2, -0.15) is 0 Å². The Morgan fingerprint density at radius 1 is 0.426 bits per heavy atom. The number of ether oxygens (including phenoxy) is 6. The summed E-state index contributed by atoms with van der Waals surface area (Å²) < 4.78 is 36.0. The third kappa shape index (κ3) is 22.0. The SMILES string of the molecule is C.C.O=C(O)C(c1ccccc1C1CCCOC1)N1CC[C@@H](OCCCCc2ccc3c(n2)NCCC3)C1.O=C(O)[C@@H](c1ccccc1C1CCCO1)N1CC[C@@H](OCCCCc2ccc3c(n2)NCCC3)C1.O=C(O)[C@H](c1ccccc1C1CCCO1)N1CC[C@@H](OCCCCc2ccc3c(n2)NCCC3)C1. The number of pyridine rings is 3. The summed E-state index contributed by atoms with van der Waals surface area (Å²) in [5.41, 5.74) is 13.2. The Kier molecular flexibility index (Phi) is 31.4. The van der Waals surface area contributed by atoms with Crippen molar-refractivity contribution in [3.8, 4) is 0 Å². The van der Waals surface area contributed by atoms with E-state index in [1.54, 1.807) is 0 Å². The topological polar surface area (TPSA) is 252 Å². The van der Waals surface area contributed by atoms with Crippen LogP contribution in [0.5, 0.6) is 0 Å². The third-order valence-electron chi connectivity index (χ3n) is 22.7. The average Bonchev–Trinajstić information content (AvgIpc) is 1.75. The third-order valence-corrected chi connectivity index (χ3v) is 22.7. The number of anilines is 3. The molecule has 6 N–H and O–H groups in total. The van der Waals surface area contributed by atoms with Crippen molar-refractivity contribution in [3.05, 3.63) is 176 Å². The maximum atomic E-state index is 12.4. The summed E-state index contributed by atoms with van der Waals surface area (Å²) in [7, 11) is 0. The number of carboxylic acids is 3. The van der Waals surface area contributed by atoms with E-state index < -0.39 is 36.0 Å². The zero-order chi connectivity index (χ0) is 72.8. The van der Waals surface area contributed by atoms with Crippen LogP contribution in [0.25, 0.3) is 0 Å². The lowest BCUT2D eigenvalue weighted by atomic mass is 9.87. The molecule has 9 atom stereocenters. The van der Waals surface area contributed by atoms with Crippen molar-refractivity contribution in [2.45, 2.75) is 224 Å². The Bertz CT molecular complexity index is 3650. The molecular formula is C87H121N9O12. The monoisotopic (exact) mass is 1480 g/mol. The standard InChI is InChI=1S/C29H39N3O4.2C28H37N3O4.2CH4/c33-29(34)27(26-11-2-1-10-25(26)22-8-6-17-35-20-22)32-16-14-24(19-32)36-18-4-3-9-23-13-12-21-7-5-15-30-28(21)31-23;2*32-28(33)26(24-10-2-1-9-23(24)25-11-6-18-35-25)31-16-14-22(19-31)34-17-4-3-8-21-13-12-20-7-5-15-29-27(20)30-21;;/h1-2,10-13,22,24,27H,3-9,14-20H2,(H,30,31)(H,33,34);2*1-2,9-10,12-13,22,25-26H,3-8,11,14-19H2,(H,29,30)(H,32,33);2*1H4/t22?,24-,27?;22-,25?,26+;22-,25?,26-;;/m111../s1. The van der Waals surface area contributed by atoms with Gasteiger partial charge in [-0.25, -0.2) is 15.0 Å². The van der Waals surface area contributed by atoms with Gasteiger partial charge in [0.25, 0.3) is 0 Å². The largest absolute Gasteiger partial charge is 0.480 e. The van der Waals surface area contributed by atoms with E-state index in [1.807, 2.05) is 66.7 Å². The smallest absolute Gasteiger partial charge is 0.325 e. The first-order valence-corrected chi connectivity index (χ1v) is 40.1. The lowest BCUT2D eigenvalue weighted by Crippen LogP contribution is -2.34. The number of aryl methyl sites for hydroxylation is 6. The molecule has 0 spiro atoms. The average molecular weight is 1480 g/mol. The summed E-state index contributed by atoms with van der Waals surface area (Å²) >= 11 is 0. The number of hydrogen-bond donors (Lipinski definition) is 6. The molecule has 15 rings (SSSR count). The molecule has 6 aromatic rings. The van der Waals surface area contributed by atoms with Gasteiger partial charge in [-0.1, -0.05) is 106 Å². The predicted molar refractivity (Wildman–Crippen MR) is 422 cm³/mol. The van der Waals surface area contributed by atoms with Crippen LogP contribution < -0.4 is 16.0 Å². The van der Waals surface area contributed by atoms with Crippen LogP contribution in [-0.2, 0) is 81.3 Å². The molecule has 6 saturated heterocycles. The second kappa shape index (κ2) is 41.6. The fourth-order valence-corrected chi connectivity index (χ4v) is 17.2. The molecule has 12 heterocycles. The Morgan fingerprint density at radius 2 is 0.778 bits per heavy atom. The van der Waals surface area contributed by atoms with Crippen molar-refractivity contribution in [3.63, 3.8) is 0 Å². The highest BCUT2D eigenvalue weighted by atomic mass is 16.5. The molecule has 9 aliphatic heterocycles. The molecule has 21 heteroatoms. The molecule has 4 unspecified atom stereocenters. The van der Waals surface area contributed by atoms with Crippen molar-refractivity contribution >= 4 is 35.4 Å². The number of aliphatic carboxylic acids is 3. The van der Waals surface area contributed by atoms with Crippen molar-refractivity contribution in [2.75, 3.05) is 121 Å². The van der Waals surface area contributed by atoms with E-state index in [4.69, 9.17) is 43.4 Å². The minimum absolute atomic E-state index is 0. The number of nitrogens with one attached hydrogen (secondary N) is 3. The molecule has 0 bridgehead atoms. The van der Waals surface area contributed by atoms with E-state index in [9.17, 15) is 29.7 Å². The van der Waals surface area contributed by atoms with Crippen LogP contribution in [0, 0.1) is 0 Å². The molecule has 3 aromatic heterocycles. The van der Waals surface area contributed by atoms with E-state index >= 15 is 0 Å². The van der Waals surface area contributed by atoms with Gasteiger partial charge in [0.2, 0.25) is 0 Å².